The molecule has 1 amide bonds. The third kappa shape index (κ3) is 2.82. The summed E-state index contributed by atoms with van der Waals surface area (Å²) in [5, 5.41) is 6.09. The van der Waals surface area contributed by atoms with E-state index in [1.807, 2.05) is 24.3 Å². The van der Waals surface area contributed by atoms with Crippen molar-refractivity contribution in [3.05, 3.63) is 48.3 Å². The van der Waals surface area contributed by atoms with Crippen LogP contribution in [0.3, 0.4) is 0 Å². The average molecular weight is 313 g/mol. The highest BCUT2D eigenvalue weighted by Gasteiger charge is 2.36. The van der Waals surface area contributed by atoms with E-state index in [0.717, 1.165) is 37.4 Å². The summed E-state index contributed by atoms with van der Waals surface area (Å²) in [6, 6.07) is 7.23. The van der Waals surface area contributed by atoms with Crippen molar-refractivity contribution in [2.24, 2.45) is 5.10 Å². The van der Waals surface area contributed by atoms with Gasteiger partial charge in [-0.05, 0) is 50.2 Å². The molecule has 120 valence electrons. The van der Waals surface area contributed by atoms with Gasteiger partial charge in [-0.25, -0.2) is 5.01 Å². The second-order valence-corrected chi connectivity index (χ2v) is 5.98. The molecule has 1 fully saturated rings. The molecule has 23 heavy (non-hydrogen) atoms. The van der Waals surface area contributed by atoms with Gasteiger partial charge in [0.2, 0.25) is 0 Å². The van der Waals surface area contributed by atoms with Gasteiger partial charge in [-0.2, -0.15) is 5.10 Å². The van der Waals surface area contributed by atoms with Gasteiger partial charge in [0.1, 0.15) is 23.3 Å². The molecule has 2 aromatic heterocycles. The highest BCUT2D eigenvalue weighted by Crippen LogP contribution is 2.33. The van der Waals surface area contributed by atoms with E-state index in [2.05, 4.69) is 10.0 Å². The van der Waals surface area contributed by atoms with Crippen LogP contribution in [0.25, 0.3) is 0 Å². The zero-order valence-electron chi connectivity index (χ0n) is 12.9. The van der Waals surface area contributed by atoms with Crippen LogP contribution in [0.5, 0.6) is 0 Å². The largest absolute Gasteiger partial charge is 0.467 e. The first-order valence-corrected chi connectivity index (χ1v) is 8.00. The number of carbonyl (C=O) groups is 1. The lowest BCUT2D eigenvalue weighted by Crippen LogP contribution is -2.36. The van der Waals surface area contributed by atoms with Gasteiger partial charge in [0.05, 0.1) is 19.1 Å². The zero-order chi connectivity index (χ0) is 15.6. The third-order valence-corrected chi connectivity index (χ3v) is 4.40. The molecule has 4 rings (SSSR count). The molecule has 0 radical (unpaired) electrons. The van der Waals surface area contributed by atoms with Crippen molar-refractivity contribution >= 4 is 11.6 Å². The standard InChI is InChI=1S/C17H19N3O3/c21-17(12-19-7-1-2-8-19)20-14(16-6-4-10-23-16)11-13(18-20)15-5-3-9-22-15/h3-6,9-10,14H,1-2,7-8,11-12H2. The van der Waals surface area contributed by atoms with Crippen LogP contribution in [-0.4, -0.2) is 41.2 Å². The Morgan fingerprint density at radius 3 is 2.65 bits per heavy atom. The summed E-state index contributed by atoms with van der Waals surface area (Å²) in [6.07, 6.45) is 6.18. The summed E-state index contributed by atoms with van der Waals surface area (Å²) >= 11 is 0. The van der Waals surface area contributed by atoms with Gasteiger partial charge in [0.25, 0.3) is 5.91 Å². The summed E-state index contributed by atoms with van der Waals surface area (Å²) in [4.78, 5) is 14.9. The molecule has 0 spiro atoms. The van der Waals surface area contributed by atoms with Crippen LogP contribution in [-0.2, 0) is 4.79 Å². The van der Waals surface area contributed by atoms with Gasteiger partial charge in [-0.1, -0.05) is 0 Å². The number of likely N-dealkylation sites (tertiary alicyclic amines) is 1. The molecule has 6 nitrogen and oxygen atoms in total. The van der Waals surface area contributed by atoms with Crippen LogP contribution in [0.1, 0.15) is 36.8 Å². The SMILES string of the molecule is O=C(CN1CCCC1)N1N=C(c2ccco2)CC1c1ccco1. The first kappa shape index (κ1) is 14.3. The van der Waals surface area contributed by atoms with E-state index in [4.69, 9.17) is 8.83 Å². The number of furan rings is 2. The number of rotatable bonds is 4. The zero-order valence-corrected chi connectivity index (χ0v) is 12.9. The smallest absolute Gasteiger partial charge is 0.257 e. The first-order chi connectivity index (χ1) is 11.3. The monoisotopic (exact) mass is 313 g/mol. The van der Waals surface area contributed by atoms with Crippen molar-refractivity contribution in [3.8, 4) is 0 Å². The molecule has 0 aromatic carbocycles. The van der Waals surface area contributed by atoms with Gasteiger partial charge < -0.3 is 8.83 Å². The first-order valence-electron chi connectivity index (χ1n) is 8.00. The molecular weight excluding hydrogens is 294 g/mol. The Bertz CT molecular complexity index is 685. The number of hydrazone groups is 1. The van der Waals surface area contributed by atoms with Crippen LogP contribution in [0.2, 0.25) is 0 Å². The Kier molecular flexibility index (Phi) is 3.75. The van der Waals surface area contributed by atoms with Crippen molar-refractivity contribution in [2.75, 3.05) is 19.6 Å². The molecule has 6 heteroatoms. The molecule has 1 unspecified atom stereocenters. The minimum atomic E-state index is -0.194. The Balaban J connectivity index is 1.57. The number of hydrogen-bond donors (Lipinski definition) is 0. The third-order valence-electron chi connectivity index (χ3n) is 4.40. The molecule has 2 aromatic rings. The predicted molar refractivity (Wildman–Crippen MR) is 83.8 cm³/mol. The molecular formula is C17H19N3O3. The van der Waals surface area contributed by atoms with Crippen LogP contribution in [0, 0.1) is 0 Å². The summed E-state index contributed by atoms with van der Waals surface area (Å²) in [6.45, 7) is 2.38. The number of amides is 1. The predicted octanol–water partition coefficient (Wildman–Crippen LogP) is 2.65. The highest BCUT2D eigenvalue weighted by molar-refractivity contribution is 6.01. The van der Waals surface area contributed by atoms with Crippen molar-refractivity contribution in [2.45, 2.75) is 25.3 Å². The van der Waals surface area contributed by atoms with Crippen molar-refractivity contribution in [3.63, 3.8) is 0 Å². The van der Waals surface area contributed by atoms with Gasteiger partial charge in [0.15, 0.2) is 0 Å². The van der Waals surface area contributed by atoms with E-state index >= 15 is 0 Å². The second-order valence-electron chi connectivity index (χ2n) is 5.98. The van der Waals surface area contributed by atoms with Crippen LogP contribution in [0.15, 0.2) is 50.7 Å². The van der Waals surface area contributed by atoms with Crippen LogP contribution >= 0.6 is 0 Å². The molecule has 2 aliphatic heterocycles. The fourth-order valence-electron chi connectivity index (χ4n) is 3.24. The van der Waals surface area contributed by atoms with Crippen molar-refractivity contribution < 1.29 is 13.6 Å². The molecule has 0 aliphatic carbocycles. The number of nitrogens with zero attached hydrogens (tertiary/aromatic N) is 3. The molecule has 1 saturated heterocycles. The molecule has 4 heterocycles. The van der Waals surface area contributed by atoms with Crippen LogP contribution in [0.4, 0.5) is 0 Å². The number of carbonyl (C=O) groups excluding carboxylic acids is 1. The Morgan fingerprint density at radius 2 is 1.96 bits per heavy atom. The lowest BCUT2D eigenvalue weighted by atomic mass is 10.1. The Morgan fingerprint density at radius 1 is 1.17 bits per heavy atom. The van der Waals surface area contributed by atoms with E-state index in [-0.39, 0.29) is 11.9 Å². The van der Waals surface area contributed by atoms with Gasteiger partial charge >= 0.3 is 0 Å². The molecule has 1 atom stereocenters. The normalized spacial score (nSPS) is 21.8. The van der Waals surface area contributed by atoms with Crippen LogP contribution < -0.4 is 0 Å². The maximum Gasteiger partial charge on any atom is 0.257 e. The number of hydrogen-bond acceptors (Lipinski definition) is 5. The fraction of sp³-hybridized carbons (Fsp3) is 0.412. The van der Waals surface area contributed by atoms with E-state index in [1.165, 1.54) is 0 Å². The van der Waals surface area contributed by atoms with E-state index < -0.39 is 0 Å². The minimum absolute atomic E-state index is 0.00913. The fourth-order valence-corrected chi connectivity index (χ4v) is 3.24. The second kappa shape index (κ2) is 6.04. The van der Waals surface area contributed by atoms with Crippen molar-refractivity contribution in [1.82, 2.24) is 9.91 Å². The maximum absolute atomic E-state index is 12.7. The lowest BCUT2D eigenvalue weighted by Gasteiger charge is -2.22. The van der Waals surface area contributed by atoms with E-state index in [9.17, 15) is 4.79 Å². The summed E-state index contributed by atoms with van der Waals surface area (Å²) in [5.41, 5.74) is 0.783. The summed E-state index contributed by atoms with van der Waals surface area (Å²) in [5.74, 6) is 1.47. The van der Waals surface area contributed by atoms with Crippen molar-refractivity contribution in [1.29, 1.82) is 0 Å². The molecule has 0 bridgehead atoms. The van der Waals surface area contributed by atoms with E-state index in [0.29, 0.717) is 18.7 Å². The quantitative estimate of drug-likeness (QED) is 0.870. The average Bonchev–Trinajstić information content (AvgIpc) is 3.30. The Labute approximate surface area is 134 Å². The molecule has 0 N–H and O–H groups in total. The van der Waals surface area contributed by atoms with Gasteiger partial charge in [-0.15, -0.1) is 0 Å². The van der Waals surface area contributed by atoms with Gasteiger partial charge in [0, 0.05) is 6.42 Å². The highest BCUT2D eigenvalue weighted by atomic mass is 16.3. The Hall–Kier alpha value is -2.34. The summed E-state index contributed by atoms with van der Waals surface area (Å²) in [7, 11) is 0. The summed E-state index contributed by atoms with van der Waals surface area (Å²) < 4.78 is 11.0. The molecule has 2 aliphatic rings. The minimum Gasteiger partial charge on any atom is -0.467 e. The van der Waals surface area contributed by atoms with Gasteiger partial charge in [-0.3, -0.25) is 9.69 Å². The molecule has 0 saturated carbocycles. The lowest BCUT2D eigenvalue weighted by molar-refractivity contribution is -0.134. The topological polar surface area (TPSA) is 62.2 Å². The maximum atomic E-state index is 12.7. The van der Waals surface area contributed by atoms with E-state index in [1.54, 1.807) is 17.5 Å².